The maximum absolute atomic E-state index is 4.82. The Labute approximate surface area is 345 Å². The van der Waals surface area contributed by atoms with Crippen molar-refractivity contribution in [2.24, 2.45) is 0 Å². The van der Waals surface area contributed by atoms with Crippen molar-refractivity contribution in [2.45, 2.75) is 67.0 Å². The van der Waals surface area contributed by atoms with Crippen molar-refractivity contribution in [3.63, 3.8) is 0 Å². The molecule has 0 spiro atoms. The minimum Gasteiger partial charge on any atom is -0.172 e. The van der Waals surface area contributed by atoms with Crippen LogP contribution in [0.2, 0.25) is 39.3 Å². The van der Waals surface area contributed by atoms with Gasteiger partial charge >= 0.3 is 0 Å². The third kappa shape index (κ3) is 7.64. The molecule has 0 unspecified atom stereocenters. The van der Waals surface area contributed by atoms with Crippen LogP contribution in [-0.2, 0) is 0 Å². The number of nitrogens with zero attached hydrogens (tertiary/aromatic N) is 2. The number of fused-ring (bicyclic) bond motifs is 1. The van der Waals surface area contributed by atoms with Crippen LogP contribution in [0.3, 0.4) is 0 Å². The van der Waals surface area contributed by atoms with Gasteiger partial charge in [0, 0.05) is 11.1 Å². The molecule has 1 aromatic heterocycles. The van der Waals surface area contributed by atoms with Crippen LogP contribution in [0.15, 0.2) is 133 Å². The van der Waals surface area contributed by atoms with Crippen molar-refractivity contribution in [2.75, 3.05) is 0 Å². The lowest BCUT2D eigenvalue weighted by molar-refractivity contribution is 1.39. The molecule has 1 heterocycles. The lowest BCUT2D eigenvalue weighted by Crippen LogP contribution is -2.37. The Morgan fingerprint density at radius 2 is 0.544 bits per heavy atom. The molecule has 0 N–H and O–H groups in total. The molecule has 0 aliphatic rings. The number of rotatable bonds is 8. The molecule has 0 aliphatic heterocycles. The van der Waals surface area contributed by atoms with E-state index in [1.54, 1.807) is 0 Å². The molecular formula is C52H52N2SSi2. The van der Waals surface area contributed by atoms with Crippen LogP contribution < -0.4 is 10.4 Å². The molecule has 284 valence electrons. The summed E-state index contributed by atoms with van der Waals surface area (Å²) in [6.07, 6.45) is 0. The summed E-state index contributed by atoms with van der Waals surface area (Å²) in [7, 11) is -2.66. The summed E-state index contributed by atoms with van der Waals surface area (Å²) in [6.45, 7) is 23.3. The first kappa shape index (κ1) is 38.7. The Balaban J connectivity index is 1.03. The molecule has 0 fully saturated rings. The van der Waals surface area contributed by atoms with Gasteiger partial charge in [0.1, 0.15) is 11.0 Å². The van der Waals surface area contributed by atoms with Gasteiger partial charge in [-0.15, -0.1) is 0 Å². The van der Waals surface area contributed by atoms with Crippen molar-refractivity contribution in [3.05, 3.63) is 156 Å². The van der Waals surface area contributed by atoms with Crippen LogP contribution in [0, 0.1) is 27.7 Å². The number of aromatic nitrogens is 2. The van der Waals surface area contributed by atoms with Crippen molar-refractivity contribution < 1.29 is 0 Å². The second-order valence-corrected chi connectivity index (χ2v) is 28.6. The first-order chi connectivity index (χ1) is 27.2. The van der Waals surface area contributed by atoms with Gasteiger partial charge in [0.2, 0.25) is 0 Å². The standard InChI is InChI=1S/C52H52N2SSi2/c1-33-31-49(41-19-23-43(24-20-41)56(5,6)7)35(3)29-47(33)39-15-11-37(12-16-39)45-27-28-46(52-51(45)53-55-54-52)38-13-17-40(18-14-38)48-30-36(4)50(32-34(48)2)42-21-25-44(26-22-42)57(8,9)10/h11-32H,1-10H3. The second kappa shape index (κ2) is 14.9. The minimum absolute atomic E-state index is 0.950. The number of benzene rings is 7. The summed E-state index contributed by atoms with van der Waals surface area (Å²) < 4.78 is 9.63. The Morgan fingerprint density at radius 1 is 0.316 bits per heavy atom. The van der Waals surface area contributed by atoms with Gasteiger partial charge in [-0.25, -0.2) is 0 Å². The zero-order chi connectivity index (χ0) is 40.2. The Kier molecular flexibility index (Phi) is 10.1. The number of hydrogen-bond donors (Lipinski definition) is 0. The summed E-state index contributed by atoms with van der Waals surface area (Å²) >= 11 is 1.28. The van der Waals surface area contributed by atoms with E-state index in [1.807, 2.05) is 0 Å². The molecule has 0 bridgehead atoms. The molecule has 8 rings (SSSR count). The summed E-state index contributed by atoms with van der Waals surface area (Å²) in [5.74, 6) is 0. The van der Waals surface area contributed by atoms with Crippen LogP contribution in [0.4, 0.5) is 0 Å². The average Bonchev–Trinajstić information content (AvgIpc) is 3.69. The minimum atomic E-state index is -1.33. The Hall–Kier alpha value is -5.21. The Morgan fingerprint density at radius 3 is 0.789 bits per heavy atom. The van der Waals surface area contributed by atoms with E-state index in [2.05, 4.69) is 200 Å². The van der Waals surface area contributed by atoms with Crippen LogP contribution in [0.1, 0.15) is 22.3 Å². The summed E-state index contributed by atoms with van der Waals surface area (Å²) in [5.41, 5.74) is 21.7. The highest BCUT2D eigenvalue weighted by molar-refractivity contribution is 7.00. The maximum atomic E-state index is 4.82. The van der Waals surface area contributed by atoms with Crippen molar-refractivity contribution in [3.8, 4) is 66.8 Å². The highest BCUT2D eigenvalue weighted by Crippen LogP contribution is 2.38. The zero-order valence-corrected chi connectivity index (χ0v) is 37.8. The topological polar surface area (TPSA) is 25.8 Å². The van der Waals surface area contributed by atoms with Gasteiger partial charge in [-0.05, 0) is 106 Å². The number of aryl methyl sites for hydroxylation is 4. The van der Waals surface area contributed by atoms with Crippen molar-refractivity contribution >= 4 is 49.3 Å². The van der Waals surface area contributed by atoms with Gasteiger partial charge in [0.25, 0.3) is 0 Å². The number of hydrogen-bond acceptors (Lipinski definition) is 3. The van der Waals surface area contributed by atoms with E-state index in [1.165, 1.54) is 88.9 Å². The highest BCUT2D eigenvalue weighted by Gasteiger charge is 2.19. The normalized spacial score (nSPS) is 12.0. The van der Waals surface area contributed by atoms with Crippen molar-refractivity contribution in [1.29, 1.82) is 0 Å². The van der Waals surface area contributed by atoms with Crippen LogP contribution in [-0.4, -0.2) is 24.9 Å². The smallest absolute Gasteiger partial charge is 0.113 e. The third-order valence-corrected chi connectivity index (χ3v) is 16.4. The summed E-state index contributed by atoms with van der Waals surface area (Å²) in [5, 5.41) is 2.99. The monoisotopic (exact) mass is 792 g/mol. The van der Waals surface area contributed by atoms with Crippen LogP contribution in [0.5, 0.6) is 0 Å². The van der Waals surface area contributed by atoms with Gasteiger partial charge < -0.3 is 0 Å². The van der Waals surface area contributed by atoms with E-state index in [0.29, 0.717) is 0 Å². The van der Waals surface area contributed by atoms with E-state index >= 15 is 0 Å². The van der Waals surface area contributed by atoms with Gasteiger partial charge in [0.15, 0.2) is 0 Å². The average molecular weight is 793 g/mol. The Bertz CT molecular complexity index is 2560. The fourth-order valence-corrected chi connectivity index (χ4v) is 11.1. The highest BCUT2D eigenvalue weighted by atomic mass is 32.1. The van der Waals surface area contributed by atoms with E-state index < -0.39 is 16.1 Å². The van der Waals surface area contributed by atoms with Crippen LogP contribution in [0.25, 0.3) is 77.8 Å². The molecule has 0 saturated heterocycles. The van der Waals surface area contributed by atoms with E-state index in [9.17, 15) is 0 Å². The quantitative estimate of drug-likeness (QED) is 0.143. The predicted molar refractivity (Wildman–Crippen MR) is 255 cm³/mol. The molecule has 0 radical (unpaired) electrons. The largest absolute Gasteiger partial charge is 0.172 e. The molecule has 57 heavy (non-hydrogen) atoms. The molecule has 0 aliphatic carbocycles. The van der Waals surface area contributed by atoms with E-state index in [0.717, 1.165) is 33.3 Å². The van der Waals surface area contributed by atoms with E-state index in [4.69, 9.17) is 8.75 Å². The molecule has 8 aromatic rings. The maximum Gasteiger partial charge on any atom is 0.113 e. The molecule has 0 amide bonds. The van der Waals surface area contributed by atoms with Gasteiger partial charge in [-0.1, -0.05) is 183 Å². The zero-order valence-electron chi connectivity index (χ0n) is 35.0. The summed E-state index contributed by atoms with van der Waals surface area (Å²) in [6, 6.07) is 50.3. The fourth-order valence-electron chi connectivity index (χ4n) is 8.17. The van der Waals surface area contributed by atoms with Crippen molar-refractivity contribution in [1.82, 2.24) is 8.75 Å². The predicted octanol–water partition coefficient (Wildman–Crippen LogP) is 14.0. The van der Waals surface area contributed by atoms with E-state index in [-0.39, 0.29) is 0 Å². The first-order valence-electron chi connectivity index (χ1n) is 20.1. The molecule has 0 saturated carbocycles. The van der Waals surface area contributed by atoms with Crippen LogP contribution >= 0.6 is 11.7 Å². The lowest BCUT2D eigenvalue weighted by Gasteiger charge is -2.18. The SMILES string of the molecule is Cc1cc(-c2ccc([Si](C)(C)C)cc2)c(C)cc1-c1ccc(-c2ccc(-c3ccc(-c4cc(C)c(-c5ccc([Si](C)(C)C)cc5)cc4C)cc3)c3nsnc23)cc1. The first-order valence-corrected chi connectivity index (χ1v) is 27.8. The molecular weight excluding hydrogens is 741 g/mol. The molecule has 7 aromatic carbocycles. The second-order valence-electron chi connectivity index (χ2n) is 17.9. The molecule has 2 nitrogen and oxygen atoms in total. The summed E-state index contributed by atoms with van der Waals surface area (Å²) in [4.78, 5) is 0. The molecule has 0 atom stereocenters. The molecule has 5 heteroatoms. The van der Waals surface area contributed by atoms with Gasteiger partial charge in [-0.3, -0.25) is 0 Å². The lowest BCUT2D eigenvalue weighted by atomic mass is 9.90. The van der Waals surface area contributed by atoms with Gasteiger partial charge in [0.05, 0.1) is 27.9 Å². The van der Waals surface area contributed by atoms with Gasteiger partial charge in [-0.2, -0.15) is 8.75 Å². The fraction of sp³-hybridized carbons (Fsp3) is 0.192. The third-order valence-electron chi connectivity index (χ3n) is 11.7.